The largest absolute Gasteiger partial charge is 0.388 e. The number of rotatable bonds is 5. The van der Waals surface area contributed by atoms with Gasteiger partial charge in [0.25, 0.3) is 0 Å². The standard InChI is InChI=1S/C12H17NO2S/c1-12(15,9-4-5-9)8-13-11(14)7-10-3-2-6-16-10/h2-3,6,9,15H,4-5,7-8H2,1H3,(H,13,14)/t12-/m1/s1. The van der Waals surface area contributed by atoms with Gasteiger partial charge in [-0.25, -0.2) is 0 Å². The van der Waals surface area contributed by atoms with Crippen LogP contribution in [0.5, 0.6) is 0 Å². The van der Waals surface area contributed by atoms with E-state index in [1.165, 1.54) is 0 Å². The first-order valence-corrected chi connectivity index (χ1v) is 6.47. The van der Waals surface area contributed by atoms with Gasteiger partial charge in [-0.2, -0.15) is 0 Å². The zero-order valence-electron chi connectivity index (χ0n) is 9.40. The van der Waals surface area contributed by atoms with Crippen LogP contribution in [0, 0.1) is 5.92 Å². The first kappa shape index (κ1) is 11.6. The van der Waals surface area contributed by atoms with Crippen LogP contribution in [0.1, 0.15) is 24.6 Å². The Morgan fingerprint density at radius 3 is 3.00 bits per heavy atom. The minimum atomic E-state index is -0.731. The predicted molar refractivity (Wildman–Crippen MR) is 64.4 cm³/mol. The van der Waals surface area contributed by atoms with Crippen LogP contribution in [0.2, 0.25) is 0 Å². The summed E-state index contributed by atoms with van der Waals surface area (Å²) in [5, 5.41) is 14.8. The lowest BCUT2D eigenvalue weighted by atomic mass is 10.0. The van der Waals surface area contributed by atoms with Gasteiger partial charge in [0.05, 0.1) is 12.0 Å². The molecule has 0 saturated heterocycles. The highest BCUT2D eigenvalue weighted by molar-refractivity contribution is 7.10. The van der Waals surface area contributed by atoms with E-state index in [2.05, 4.69) is 5.32 Å². The minimum Gasteiger partial charge on any atom is -0.388 e. The summed E-state index contributed by atoms with van der Waals surface area (Å²) in [4.78, 5) is 12.6. The van der Waals surface area contributed by atoms with Crippen LogP contribution in [0.4, 0.5) is 0 Å². The van der Waals surface area contributed by atoms with Gasteiger partial charge in [-0.3, -0.25) is 4.79 Å². The summed E-state index contributed by atoms with van der Waals surface area (Å²) in [5.41, 5.74) is -0.731. The SMILES string of the molecule is C[C@@](O)(CNC(=O)Cc1cccs1)C1CC1. The third kappa shape index (κ3) is 3.06. The van der Waals surface area contributed by atoms with Crippen LogP contribution in [0.25, 0.3) is 0 Å². The van der Waals surface area contributed by atoms with Gasteiger partial charge >= 0.3 is 0 Å². The minimum absolute atomic E-state index is 0.0108. The number of thiophene rings is 1. The lowest BCUT2D eigenvalue weighted by Crippen LogP contribution is -2.42. The molecule has 1 atom stereocenters. The number of carbonyl (C=O) groups excluding carboxylic acids is 1. The summed E-state index contributed by atoms with van der Waals surface area (Å²) in [6, 6.07) is 3.89. The van der Waals surface area contributed by atoms with E-state index in [4.69, 9.17) is 0 Å². The number of hydrogen-bond acceptors (Lipinski definition) is 3. The molecule has 1 aromatic heterocycles. The summed E-state index contributed by atoms with van der Waals surface area (Å²) < 4.78 is 0. The van der Waals surface area contributed by atoms with E-state index in [9.17, 15) is 9.90 Å². The second-order valence-corrected chi connectivity index (χ2v) is 5.70. The molecule has 0 spiro atoms. The zero-order chi connectivity index (χ0) is 11.6. The molecule has 3 nitrogen and oxygen atoms in total. The number of carbonyl (C=O) groups is 1. The summed E-state index contributed by atoms with van der Waals surface area (Å²) in [6.07, 6.45) is 2.57. The molecule has 0 aliphatic heterocycles. The van der Waals surface area contributed by atoms with E-state index in [1.807, 2.05) is 17.5 Å². The molecule has 88 valence electrons. The van der Waals surface area contributed by atoms with Crippen molar-refractivity contribution in [1.82, 2.24) is 5.32 Å². The normalized spacial score (nSPS) is 19.1. The monoisotopic (exact) mass is 239 g/mol. The van der Waals surface area contributed by atoms with Crippen molar-refractivity contribution in [3.05, 3.63) is 22.4 Å². The Morgan fingerprint density at radius 2 is 2.44 bits per heavy atom. The maximum atomic E-state index is 11.6. The highest BCUT2D eigenvalue weighted by Gasteiger charge is 2.39. The van der Waals surface area contributed by atoms with Crippen LogP contribution in [-0.4, -0.2) is 23.2 Å². The summed E-state index contributed by atoms with van der Waals surface area (Å²) >= 11 is 1.58. The highest BCUT2D eigenvalue weighted by atomic mass is 32.1. The Bertz CT molecular complexity index is 355. The summed E-state index contributed by atoms with van der Waals surface area (Å²) in [7, 11) is 0. The van der Waals surface area contributed by atoms with Crippen molar-refractivity contribution in [2.75, 3.05) is 6.54 Å². The molecule has 1 fully saturated rings. The maximum Gasteiger partial charge on any atom is 0.225 e. The molecule has 1 aliphatic rings. The van der Waals surface area contributed by atoms with Crippen LogP contribution in [0.3, 0.4) is 0 Å². The Labute approximate surface area is 99.5 Å². The van der Waals surface area contributed by atoms with Gasteiger partial charge in [0, 0.05) is 11.4 Å². The first-order chi connectivity index (χ1) is 7.58. The number of nitrogens with one attached hydrogen (secondary N) is 1. The van der Waals surface area contributed by atoms with E-state index in [1.54, 1.807) is 18.3 Å². The molecule has 4 heteroatoms. The van der Waals surface area contributed by atoms with Gasteiger partial charge in [-0.15, -0.1) is 11.3 Å². The van der Waals surface area contributed by atoms with E-state index >= 15 is 0 Å². The molecule has 1 heterocycles. The van der Waals surface area contributed by atoms with E-state index in [0.29, 0.717) is 18.9 Å². The molecule has 1 aliphatic carbocycles. The van der Waals surface area contributed by atoms with E-state index < -0.39 is 5.60 Å². The van der Waals surface area contributed by atoms with Crippen molar-refractivity contribution in [3.8, 4) is 0 Å². The average Bonchev–Trinajstić information content (AvgIpc) is 2.98. The fraction of sp³-hybridized carbons (Fsp3) is 0.583. The predicted octanol–water partition coefficient (Wildman–Crippen LogP) is 1.57. The fourth-order valence-electron chi connectivity index (χ4n) is 1.76. The number of amides is 1. The van der Waals surface area contributed by atoms with Gasteiger partial charge in [-0.1, -0.05) is 6.07 Å². The van der Waals surface area contributed by atoms with Crippen molar-refractivity contribution in [1.29, 1.82) is 0 Å². The van der Waals surface area contributed by atoms with Gasteiger partial charge in [0.1, 0.15) is 0 Å². The average molecular weight is 239 g/mol. The summed E-state index contributed by atoms with van der Waals surface area (Å²) in [5.74, 6) is 0.359. The molecule has 2 N–H and O–H groups in total. The number of hydrogen-bond donors (Lipinski definition) is 2. The zero-order valence-corrected chi connectivity index (χ0v) is 10.2. The van der Waals surface area contributed by atoms with Crippen molar-refractivity contribution in [3.63, 3.8) is 0 Å². The molecule has 1 amide bonds. The molecule has 0 unspecified atom stereocenters. The topological polar surface area (TPSA) is 49.3 Å². The van der Waals surface area contributed by atoms with Gasteiger partial charge in [0.2, 0.25) is 5.91 Å². The molecule has 2 rings (SSSR count). The van der Waals surface area contributed by atoms with Crippen LogP contribution >= 0.6 is 11.3 Å². The maximum absolute atomic E-state index is 11.6. The third-order valence-electron chi connectivity index (χ3n) is 3.02. The number of aliphatic hydroxyl groups is 1. The molecule has 0 bridgehead atoms. The summed E-state index contributed by atoms with van der Waals surface area (Å²) in [6.45, 7) is 2.16. The van der Waals surface area contributed by atoms with Crippen molar-refractivity contribution >= 4 is 17.2 Å². The third-order valence-corrected chi connectivity index (χ3v) is 3.89. The molecular weight excluding hydrogens is 222 g/mol. The van der Waals surface area contributed by atoms with Gasteiger partial charge < -0.3 is 10.4 Å². The lowest BCUT2D eigenvalue weighted by molar-refractivity contribution is -0.121. The lowest BCUT2D eigenvalue weighted by Gasteiger charge is -2.23. The molecular formula is C12H17NO2S. The van der Waals surface area contributed by atoms with Crippen molar-refractivity contribution in [2.24, 2.45) is 5.92 Å². The van der Waals surface area contributed by atoms with Gasteiger partial charge in [0.15, 0.2) is 0 Å². The molecule has 0 radical (unpaired) electrons. The Morgan fingerprint density at radius 1 is 1.69 bits per heavy atom. The molecule has 1 saturated carbocycles. The second-order valence-electron chi connectivity index (χ2n) is 4.66. The quantitative estimate of drug-likeness (QED) is 0.819. The van der Waals surface area contributed by atoms with Crippen LogP contribution < -0.4 is 5.32 Å². The molecule has 0 aromatic carbocycles. The van der Waals surface area contributed by atoms with Crippen LogP contribution in [0.15, 0.2) is 17.5 Å². The van der Waals surface area contributed by atoms with Gasteiger partial charge in [-0.05, 0) is 37.1 Å². The molecule has 16 heavy (non-hydrogen) atoms. The fourth-order valence-corrected chi connectivity index (χ4v) is 2.46. The van der Waals surface area contributed by atoms with Crippen molar-refractivity contribution in [2.45, 2.75) is 31.8 Å². The second kappa shape index (κ2) is 4.55. The Kier molecular flexibility index (Phi) is 3.30. The van der Waals surface area contributed by atoms with Crippen LogP contribution in [-0.2, 0) is 11.2 Å². The Hall–Kier alpha value is -0.870. The molecule has 1 aromatic rings. The van der Waals surface area contributed by atoms with E-state index in [0.717, 1.165) is 17.7 Å². The smallest absolute Gasteiger partial charge is 0.225 e. The Balaban J connectivity index is 1.75. The van der Waals surface area contributed by atoms with E-state index in [-0.39, 0.29) is 5.91 Å². The van der Waals surface area contributed by atoms with Crippen molar-refractivity contribution < 1.29 is 9.90 Å². The first-order valence-electron chi connectivity index (χ1n) is 5.59. The highest BCUT2D eigenvalue weighted by Crippen LogP contribution is 2.38.